The first kappa shape index (κ1) is 24.1. The van der Waals surface area contributed by atoms with Crippen LogP contribution < -0.4 is 16.0 Å². The zero-order valence-corrected chi connectivity index (χ0v) is 19.2. The molecule has 0 unspecified atom stereocenters. The number of pyridine rings is 1. The number of aromatic nitrogens is 1. The molecule has 1 saturated heterocycles. The third-order valence-corrected chi connectivity index (χ3v) is 4.69. The Morgan fingerprint density at radius 3 is 2.54 bits per heavy atom. The molecule has 2 rings (SSSR count). The predicted molar refractivity (Wildman–Crippen MR) is 122 cm³/mol. The molecule has 0 radical (unpaired) electrons. The van der Waals surface area contributed by atoms with Crippen LogP contribution in [0.25, 0.3) is 0 Å². The molecule has 3 N–H and O–H groups in total. The summed E-state index contributed by atoms with van der Waals surface area (Å²) in [7, 11) is 3.42. The van der Waals surface area contributed by atoms with Crippen LogP contribution in [-0.4, -0.2) is 61.4 Å². The molecule has 0 spiro atoms. The van der Waals surface area contributed by atoms with Gasteiger partial charge in [0.15, 0.2) is 5.96 Å². The normalized spacial score (nSPS) is 14.8. The number of guanidine groups is 1. The van der Waals surface area contributed by atoms with Crippen molar-refractivity contribution in [3.8, 4) is 0 Å². The minimum Gasteiger partial charge on any atom is -0.359 e. The number of anilines is 1. The molecule has 0 saturated carbocycles. The van der Waals surface area contributed by atoms with Gasteiger partial charge in [0, 0.05) is 52.8 Å². The van der Waals surface area contributed by atoms with Gasteiger partial charge < -0.3 is 20.9 Å². The van der Waals surface area contributed by atoms with Gasteiger partial charge in [-0.25, -0.2) is 4.98 Å². The summed E-state index contributed by atoms with van der Waals surface area (Å²) in [4.78, 5) is 34.2. The van der Waals surface area contributed by atoms with Gasteiger partial charge in [0.1, 0.15) is 5.82 Å². The molecule has 1 aromatic heterocycles. The van der Waals surface area contributed by atoms with Crippen LogP contribution in [0.3, 0.4) is 0 Å². The fourth-order valence-electron chi connectivity index (χ4n) is 3.08. The van der Waals surface area contributed by atoms with Gasteiger partial charge in [-0.3, -0.25) is 14.6 Å². The van der Waals surface area contributed by atoms with E-state index in [1.165, 1.54) is 0 Å². The van der Waals surface area contributed by atoms with Gasteiger partial charge in [0.2, 0.25) is 11.8 Å². The van der Waals surface area contributed by atoms with E-state index in [2.05, 4.69) is 30.8 Å². The lowest BCUT2D eigenvalue weighted by Gasteiger charge is -2.34. The van der Waals surface area contributed by atoms with Crippen molar-refractivity contribution in [1.29, 1.82) is 0 Å². The SMILES string of the molecule is CN=C(NCCC(=O)Nc1ccc(C)cn1)N1CCC(CC(=O)NC)CC1.I. The second-order valence-electron chi connectivity index (χ2n) is 6.80. The Balaban J connectivity index is 0.00000392. The third kappa shape index (κ3) is 7.99. The van der Waals surface area contributed by atoms with Crippen LogP contribution in [0.15, 0.2) is 23.3 Å². The number of likely N-dealkylation sites (tertiary alicyclic amines) is 1. The standard InChI is InChI=1S/C19H30N6O2.HI/c1-14-4-5-16(23-13-14)24-17(26)6-9-22-19(21-3)25-10-7-15(8-11-25)12-18(27)20-2;/h4-5,13,15H,6-12H2,1-3H3,(H,20,27)(H,21,22)(H,23,24,26);1H. The first-order valence-corrected chi connectivity index (χ1v) is 9.40. The van der Waals surface area contributed by atoms with Gasteiger partial charge in [-0.2, -0.15) is 0 Å². The summed E-state index contributed by atoms with van der Waals surface area (Å²) in [6.45, 7) is 4.18. The highest BCUT2D eigenvalue weighted by Gasteiger charge is 2.23. The smallest absolute Gasteiger partial charge is 0.227 e. The predicted octanol–water partition coefficient (Wildman–Crippen LogP) is 1.76. The number of halogens is 1. The van der Waals surface area contributed by atoms with Crippen LogP contribution in [0.5, 0.6) is 0 Å². The van der Waals surface area contributed by atoms with Crippen molar-refractivity contribution < 1.29 is 9.59 Å². The summed E-state index contributed by atoms with van der Waals surface area (Å²) >= 11 is 0. The van der Waals surface area contributed by atoms with Gasteiger partial charge in [-0.05, 0) is 37.3 Å². The monoisotopic (exact) mass is 502 g/mol. The number of amides is 2. The first-order valence-electron chi connectivity index (χ1n) is 9.40. The lowest BCUT2D eigenvalue weighted by molar-refractivity contribution is -0.121. The number of piperidine rings is 1. The Labute approximate surface area is 184 Å². The summed E-state index contributed by atoms with van der Waals surface area (Å²) < 4.78 is 0. The van der Waals surface area contributed by atoms with Gasteiger partial charge >= 0.3 is 0 Å². The number of aliphatic imine (C=N–C) groups is 1. The van der Waals surface area contributed by atoms with Crippen LogP contribution >= 0.6 is 24.0 Å². The van der Waals surface area contributed by atoms with Crippen LogP contribution in [-0.2, 0) is 9.59 Å². The average Bonchev–Trinajstić information content (AvgIpc) is 2.68. The van der Waals surface area contributed by atoms with E-state index in [0.717, 1.165) is 37.5 Å². The van der Waals surface area contributed by atoms with Gasteiger partial charge in [-0.15, -0.1) is 24.0 Å². The van der Waals surface area contributed by atoms with Crippen molar-refractivity contribution >= 4 is 47.6 Å². The van der Waals surface area contributed by atoms with E-state index in [-0.39, 0.29) is 35.8 Å². The Kier molecular flexibility index (Phi) is 10.8. The molecule has 0 atom stereocenters. The van der Waals surface area contributed by atoms with Crippen LogP contribution in [0, 0.1) is 12.8 Å². The minimum absolute atomic E-state index is 0. The molecule has 1 aliphatic rings. The second-order valence-corrected chi connectivity index (χ2v) is 6.80. The van der Waals surface area contributed by atoms with E-state index in [0.29, 0.717) is 31.1 Å². The topological polar surface area (TPSA) is 98.7 Å². The molecule has 28 heavy (non-hydrogen) atoms. The largest absolute Gasteiger partial charge is 0.359 e. The number of nitrogens with one attached hydrogen (secondary N) is 3. The van der Waals surface area contributed by atoms with E-state index in [1.54, 1.807) is 26.4 Å². The van der Waals surface area contributed by atoms with E-state index in [4.69, 9.17) is 0 Å². The maximum absolute atomic E-state index is 12.0. The highest BCUT2D eigenvalue weighted by atomic mass is 127. The van der Waals surface area contributed by atoms with E-state index in [1.807, 2.05) is 13.0 Å². The molecular weight excluding hydrogens is 471 g/mol. The Morgan fingerprint density at radius 1 is 1.25 bits per heavy atom. The molecule has 0 bridgehead atoms. The number of carbonyl (C=O) groups is 2. The highest BCUT2D eigenvalue weighted by Crippen LogP contribution is 2.20. The van der Waals surface area contributed by atoms with E-state index >= 15 is 0 Å². The summed E-state index contributed by atoms with van der Waals surface area (Å²) in [5.41, 5.74) is 1.05. The molecule has 0 aromatic carbocycles. The zero-order chi connectivity index (χ0) is 19.6. The van der Waals surface area contributed by atoms with Crippen molar-refractivity contribution in [2.24, 2.45) is 10.9 Å². The number of hydrogen-bond donors (Lipinski definition) is 3. The van der Waals surface area contributed by atoms with Crippen molar-refractivity contribution in [2.45, 2.75) is 32.6 Å². The maximum atomic E-state index is 12.0. The van der Waals surface area contributed by atoms with Crippen molar-refractivity contribution in [3.05, 3.63) is 23.9 Å². The lowest BCUT2D eigenvalue weighted by atomic mass is 9.93. The quantitative estimate of drug-likeness (QED) is 0.313. The molecule has 8 nitrogen and oxygen atoms in total. The number of rotatable bonds is 6. The molecule has 2 heterocycles. The average molecular weight is 502 g/mol. The number of aryl methyl sites for hydroxylation is 1. The first-order chi connectivity index (χ1) is 13.0. The Morgan fingerprint density at radius 2 is 1.96 bits per heavy atom. The molecule has 1 aromatic rings. The van der Waals surface area contributed by atoms with Crippen molar-refractivity contribution in [2.75, 3.05) is 39.0 Å². The number of nitrogens with zero attached hydrogens (tertiary/aromatic N) is 3. The van der Waals surface area contributed by atoms with Crippen LogP contribution in [0.1, 0.15) is 31.2 Å². The Hall–Kier alpha value is -1.91. The lowest BCUT2D eigenvalue weighted by Crippen LogP contribution is -2.46. The molecule has 156 valence electrons. The second kappa shape index (κ2) is 12.5. The highest BCUT2D eigenvalue weighted by molar-refractivity contribution is 14.0. The molecule has 1 fully saturated rings. The van der Waals surface area contributed by atoms with Gasteiger partial charge in [0.25, 0.3) is 0 Å². The fourth-order valence-corrected chi connectivity index (χ4v) is 3.08. The van der Waals surface area contributed by atoms with Crippen LogP contribution in [0.4, 0.5) is 5.82 Å². The van der Waals surface area contributed by atoms with Gasteiger partial charge in [0.05, 0.1) is 0 Å². The van der Waals surface area contributed by atoms with Crippen molar-refractivity contribution in [3.63, 3.8) is 0 Å². The zero-order valence-electron chi connectivity index (χ0n) is 16.8. The maximum Gasteiger partial charge on any atom is 0.227 e. The molecular formula is C19H31IN6O2. The molecule has 2 amide bonds. The fraction of sp³-hybridized carbons (Fsp3) is 0.579. The van der Waals surface area contributed by atoms with E-state index < -0.39 is 0 Å². The third-order valence-electron chi connectivity index (χ3n) is 4.69. The summed E-state index contributed by atoms with van der Waals surface area (Å²) in [6.07, 6.45) is 4.58. The molecule has 9 heteroatoms. The summed E-state index contributed by atoms with van der Waals surface area (Å²) in [5.74, 6) is 1.80. The summed E-state index contributed by atoms with van der Waals surface area (Å²) in [5, 5.41) is 8.72. The summed E-state index contributed by atoms with van der Waals surface area (Å²) in [6, 6.07) is 3.71. The number of carbonyl (C=O) groups excluding carboxylic acids is 2. The molecule has 1 aliphatic heterocycles. The van der Waals surface area contributed by atoms with Gasteiger partial charge in [-0.1, -0.05) is 6.07 Å². The van der Waals surface area contributed by atoms with Crippen molar-refractivity contribution in [1.82, 2.24) is 20.5 Å². The van der Waals surface area contributed by atoms with E-state index in [9.17, 15) is 9.59 Å². The number of hydrogen-bond acceptors (Lipinski definition) is 4. The van der Waals surface area contributed by atoms with Crippen LogP contribution in [0.2, 0.25) is 0 Å². The molecule has 0 aliphatic carbocycles. The minimum atomic E-state index is -0.0846. The Bertz CT molecular complexity index is 657.